The van der Waals surface area contributed by atoms with Crippen LogP contribution in [0.3, 0.4) is 0 Å². The van der Waals surface area contributed by atoms with E-state index in [9.17, 15) is 0 Å². The molecule has 0 aliphatic rings. The second kappa shape index (κ2) is 6.02. The SMILES string of the molecule is COc1ccc(N(C(=N)CN)c2ccccc2)cc1. The quantitative estimate of drug-likeness (QED) is 0.652. The number of nitrogens with one attached hydrogen (secondary N) is 1. The van der Waals surface area contributed by atoms with Crippen LogP contribution in [0.4, 0.5) is 11.4 Å². The standard InChI is InChI=1S/C15H17N3O/c1-19-14-9-7-13(8-10-14)18(15(17)11-16)12-5-3-2-4-6-12/h2-10,17H,11,16H2,1H3. The lowest BCUT2D eigenvalue weighted by Gasteiger charge is -2.24. The topological polar surface area (TPSA) is 62.3 Å². The van der Waals surface area contributed by atoms with E-state index in [1.54, 1.807) is 7.11 Å². The third-order valence-electron chi connectivity index (χ3n) is 2.81. The van der Waals surface area contributed by atoms with Crippen LogP contribution in [0.25, 0.3) is 0 Å². The van der Waals surface area contributed by atoms with Gasteiger partial charge in [-0.25, -0.2) is 0 Å². The average Bonchev–Trinajstić information content (AvgIpc) is 2.49. The number of methoxy groups -OCH3 is 1. The monoisotopic (exact) mass is 255 g/mol. The van der Waals surface area contributed by atoms with Crippen LogP contribution in [-0.2, 0) is 0 Å². The molecule has 2 aromatic carbocycles. The van der Waals surface area contributed by atoms with Crippen LogP contribution in [0.5, 0.6) is 5.75 Å². The maximum atomic E-state index is 8.04. The number of hydrogen-bond donors (Lipinski definition) is 2. The summed E-state index contributed by atoms with van der Waals surface area (Å²) >= 11 is 0. The van der Waals surface area contributed by atoms with Crippen molar-refractivity contribution in [1.29, 1.82) is 5.41 Å². The molecule has 0 aromatic heterocycles. The number of para-hydroxylation sites is 1. The molecule has 0 heterocycles. The van der Waals surface area contributed by atoms with Crippen molar-refractivity contribution in [1.82, 2.24) is 0 Å². The highest BCUT2D eigenvalue weighted by atomic mass is 16.5. The molecule has 0 atom stereocenters. The van der Waals surface area contributed by atoms with Crippen LogP contribution in [0.2, 0.25) is 0 Å². The molecule has 0 aliphatic carbocycles. The first-order chi connectivity index (χ1) is 9.26. The number of benzene rings is 2. The molecule has 4 heteroatoms. The number of nitrogens with zero attached hydrogens (tertiary/aromatic N) is 1. The molecular formula is C15H17N3O. The molecule has 98 valence electrons. The van der Waals surface area contributed by atoms with E-state index >= 15 is 0 Å². The third kappa shape index (κ3) is 2.92. The highest BCUT2D eigenvalue weighted by Gasteiger charge is 2.13. The van der Waals surface area contributed by atoms with Gasteiger partial charge in [0.1, 0.15) is 11.6 Å². The summed E-state index contributed by atoms with van der Waals surface area (Å²) in [7, 11) is 1.63. The molecule has 0 bridgehead atoms. The molecular weight excluding hydrogens is 238 g/mol. The van der Waals surface area contributed by atoms with E-state index < -0.39 is 0 Å². The summed E-state index contributed by atoms with van der Waals surface area (Å²) in [6.07, 6.45) is 0. The largest absolute Gasteiger partial charge is 0.497 e. The number of hydrogen-bond acceptors (Lipinski definition) is 3. The van der Waals surface area contributed by atoms with Gasteiger partial charge in [0.25, 0.3) is 0 Å². The Bertz CT molecular complexity index is 537. The van der Waals surface area contributed by atoms with Crippen molar-refractivity contribution < 1.29 is 4.74 Å². The summed E-state index contributed by atoms with van der Waals surface area (Å²) in [4.78, 5) is 1.82. The van der Waals surface area contributed by atoms with Gasteiger partial charge >= 0.3 is 0 Å². The van der Waals surface area contributed by atoms with Crippen LogP contribution >= 0.6 is 0 Å². The fourth-order valence-corrected chi connectivity index (χ4v) is 1.86. The van der Waals surface area contributed by atoms with Gasteiger partial charge in [-0.05, 0) is 36.4 Å². The number of amidine groups is 1. The van der Waals surface area contributed by atoms with Gasteiger partial charge < -0.3 is 10.5 Å². The Balaban J connectivity index is 2.40. The van der Waals surface area contributed by atoms with Gasteiger partial charge in [-0.2, -0.15) is 0 Å². The second-order valence-corrected chi connectivity index (χ2v) is 4.02. The van der Waals surface area contributed by atoms with E-state index in [4.69, 9.17) is 15.9 Å². The molecule has 0 aliphatic heterocycles. The van der Waals surface area contributed by atoms with Crippen molar-refractivity contribution >= 4 is 17.2 Å². The minimum absolute atomic E-state index is 0.181. The van der Waals surface area contributed by atoms with Crippen molar-refractivity contribution in [3.63, 3.8) is 0 Å². The number of rotatable bonds is 4. The highest BCUT2D eigenvalue weighted by Crippen LogP contribution is 2.27. The van der Waals surface area contributed by atoms with Gasteiger partial charge in [0.15, 0.2) is 0 Å². The summed E-state index contributed by atoms with van der Waals surface area (Å²) in [6.45, 7) is 0.181. The molecule has 0 saturated carbocycles. The van der Waals surface area contributed by atoms with Crippen LogP contribution < -0.4 is 15.4 Å². The minimum atomic E-state index is 0.181. The van der Waals surface area contributed by atoms with Gasteiger partial charge in [-0.15, -0.1) is 0 Å². The molecule has 0 spiro atoms. The van der Waals surface area contributed by atoms with Crippen LogP contribution in [-0.4, -0.2) is 19.5 Å². The Morgan fingerprint density at radius 1 is 1.05 bits per heavy atom. The van der Waals surface area contributed by atoms with E-state index in [1.807, 2.05) is 59.5 Å². The Morgan fingerprint density at radius 3 is 2.16 bits per heavy atom. The molecule has 0 fully saturated rings. The zero-order chi connectivity index (χ0) is 13.7. The first kappa shape index (κ1) is 13.1. The van der Waals surface area contributed by atoms with Gasteiger partial charge in [-0.1, -0.05) is 18.2 Å². The fraction of sp³-hybridized carbons (Fsp3) is 0.133. The number of ether oxygens (including phenoxy) is 1. The van der Waals surface area contributed by atoms with Crippen molar-refractivity contribution in [3.8, 4) is 5.75 Å². The van der Waals surface area contributed by atoms with E-state index in [2.05, 4.69) is 0 Å². The maximum absolute atomic E-state index is 8.04. The molecule has 0 amide bonds. The lowest BCUT2D eigenvalue weighted by molar-refractivity contribution is 0.415. The zero-order valence-corrected chi connectivity index (χ0v) is 10.8. The molecule has 3 N–H and O–H groups in total. The lowest BCUT2D eigenvalue weighted by Crippen LogP contribution is -2.31. The van der Waals surface area contributed by atoms with Crippen LogP contribution in [0, 0.1) is 5.41 Å². The smallest absolute Gasteiger partial charge is 0.119 e. The second-order valence-electron chi connectivity index (χ2n) is 4.02. The zero-order valence-electron chi connectivity index (χ0n) is 10.8. The predicted molar refractivity (Wildman–Crippen MR) is 78.4 cm³/mol. The van der Waals surface area contributed by atoms with Crippen molar-refractivity contribution in [2.45, 2.75) is 0 Å². The van der Waals surface area contributed by atoms with Gasteiger partial charge in [0, 0.05) is 11.4 Å². The summed E-state index contributed by atoms with van der Waals surface area (Å²) in [5, 5.41) is 8.04. The minimum Gasteiger partial charge on any atom is -0.497 e. The van der Waals surface area contributed by atoms with Crippen molar-refractivity contribution in [2.75, 3.05) is 18.6 Å². The molecule has 19 heavy (non-hydrogen) atoms. The fourth-order valence-electron chi connectivity index (χ4n) is 1.86. The summed E-state index contributed by atoms with van der Waals surface area (Å²) < 4.78 is 5.14. The molecule has 2 aromatic rings. The maximum Gasteiger partial charge on any atom is 0.119 e. The van der Waals surface area contributed by atoms with E-state index in [0.717, 1.165) is 17.1 Å². The molecule has 0 unspecified atom stereocenters. The summed E-state index contributed by atoms with van der Waals surface area (Å²) in [6, 6.07) is 17.3. The Morgan fingerprint density at radius 2 is 1.63 bits per heavy atom. The van der Waals surface area contributed by atoms with Gasteiger partial charge in [0.05, 0.1) is 13.7 Å². The van der Waals surface area contributed by atoms with E-state index in [1.165, 1.54) is 0 Å². The average molecular weight is 255 g/mol. The molecule has 2 rings (SSSR count). The van der Waals surface area contributed by atoms with E-state index in [-0.39, 0.29) is 6.54 Å². The van der Waals surface area contributed by atoms with Gasteiger partial charge in [-0.3, -0.25) is 10.3 Å². The van der Waals surface area contributed by atoms with Crippen LogP contribution in [0.1, 0.15) is 0 Å². The molecule has 0 radical (unpaired) electrons. The Kier molecular flexibility index (Phi) is 4.15. The normalized spacial score (nSPS) is 10.0. The molecule has 0 saturated heterocycles. The first-order valence-corrected chi connectivity index (χ1v) is 6.03. The van der Waals surface area contributed by atoms with Gasteiger partial charge in [0.2, 0.25) is 0 Å². The lowest BCUT2D eigenvalue weighted by atomic mass is 10.2. The third-order valence-corrected chi connectivity index (χ3v) is 2.81. The summed E-state index contributed by atoms with van der Waals surface area (Å²) in [5.41, 5.74) is 7.42. The summed E-state index contributed by atoms with van der Waals surface area (Å²) in [5.74, 6) is 1.13. The number of anilines is 2. The van der Waals surface area contributed by atoms with E-state index in [0.29, 0.717) is 5.84 Å². The number of nitrogens with two attached hydrogens (primary N) is 1. The molecule has 4 nitrogen and oxygen atoms in total. The van der Waals surface area contributed by atoms with Crippen LogP contribution in [0.15, 0.2) is 54.6 Å². The Hall–Kier alpha value is -2.33. The highest BCUT2D eigenvalue weighted by molar-refractivity contribution is 6.03. The Labute approximate surface area is 112 Å². The predicted octanol–water partition coefficient (Wildman–Crippen LogP) is 2.77. The van der Waals surface area contributed by atoms with Crippen molar-refractivity contribution in [2.24, 2.45) is 5.73 Å². The van der Waals surface area contributed by atoms with Crippen molar-refractivity contribution in [3.05, 3.63) is 54.6 Å². The first-order valence-electron chi connectivity index (χ1n) is 6.03.